The SMILES string of the molecule is CCCCCCCC/C=C\CCCCCCCC(=O)OCCCCCCC(CCCCCCOC(=O)CCCCCCC/C=C\CCCCCCCC)OCOCCN(CCCCCC)CCN(C)C. The van der Waals surface area contributed by atoms with Gasteiger partial charge in [-0.15, -0.1) is 0 Å². The third kappa shape index (κ3) is 55.6. The molecule has 70 heavy (non-hydrogen) atoms. The number of nitrogens with zero attached hydrogens (tertiary/aromatic N) is 2. The van der Waals surface area contributed by atoms with Gasteiger partial charge in [-0.2, -0.15) is 0 Å². The summed E-state index contributed by atoms with van der Waals surface area (Å²) in [5, 5.41) is 0. The molecule has 414 valence electrons. The van der Waals surface area contributed by atoms with Crippen LogP contribution in [0.1, 0.15) is 290 Å². The van der Waals surface area contributed by atoms with Crippen molar-refractivity contribution >= 4 is 11.9 Å². The van der Waals surface area contributed by atoms with Gasteiger partial charge in [0.05, 0.1) is 25.9 Å². The third-order valence-electron chi connectivity index (χ3n) is 13.8. The van der Waals surface area contributed by atoms with Gasteiger partial charge in [0.1, 0.15) is 6.79 Å². The molecule has 0 saturated heterocycles. The van der Waals surface area contributed by atoms with E-state index in [1.807, 2.05) is 0 Å². The largest absolute Gasteiger partial charge is 0.466 e. The molecule has 0 bridgehead atoms. The second-order valence-electron chi connectivity index (χ2n) is 21.0. The van der Waals surface area contributed by atoms with E-state index in [2.05, 4.69) is 69.0 Å². The van der Waals surface area contributed by atoms with Gasteiger partial charge in [-0.05, 0) is 117 Å². The van der Waals surface area contributed by atoms with Gasteiger partial charge < -0.3 is 23.8 Å². The van der Waals surface area contributed by atoms with E-state index in [4.69, 9.17) is 18.9 Å². The molecule has 0 aliphatic heterocycles. The van der Waals surface area contributed by atoms with E-state index in [9.17, 15) is 9.59 Å². The van der Waals surface area contributed by atoms with E-state index in [1.165, 1.54) is 167 Å². The first-order valence-electron chi connectivity index (χ1n) is 30.6. The summed E-state index contributed by atoms with van der Waals surface area (Å²) in [5.41, 5.74) is 0. The highest BCUT2D eigenvalue weighted by molar-refractivity contribution is 5.69. The van der Waals surface area contributed by atoms with Crippen molar-refractivity contribution in [2.24, 2.45) is 0 Å². The van der Waals surface area contributed by atoms with Gasteiger partial charge in [-0.25, -0.2) is 0 Å². The molecule has 0 saturated carbocycles. The summed E-state index contributed by atoms with van der Waals surface area (Å²) in [6, 6.07) is 0. The van der Waals surface area contributed by atoms with Crippen LogP contribution in [-0.4, -0.2) is 94.7 Å². The Hall–Kier alpha value is -1.74. The molecule has 0 aromatic carbocycles. The first-order valence-corrected chi connectivity index (χ1v) is 30.6. The van der Waals surface area contributed by atoms with Crippen molar-refractivity contribution in [3.63, 3.8) is 0 Å². The Morgan fingerprint density at radius 2 is 0.757 bits per heavy atom. The molecule has 0 unspecified atom stereocenters. The number of likely N-dealkylation sites (N-methyl/N-ethyl adjacent to an activating group) is 1. The quantitative estimate of drug-likeness (QED) is 0.0258. The lowest BCUT2D eigenvalue weighted by atomic mass is 10.0. The number of rotatable bonds is 58. The Labute approximate surface area is 436 Å². The van der Waals surface area contributed by atoms with Gasteiger partial charge in [0.2, 0.25) is 0 Å². The lowest BCUT2D eigenvalue weighted by molar-refractivity contribution is -0.144. The number of hydrogen-bond acceptors (Lipinski definition) is 8. The van der Waals surface area contributed by atoms with Crippen LogP contribution in [0.15, 0.2) is 24.3 Å². The fraction of sp³-hybridized carbons (Fsp3) is 0.903. The van der Waals surface area contributed by atoms with Crippen molar-refractivity contribution in [2.45, 2.75) is 297 Å². The van der Waals surface area contributed by atoms with Gasteiger partial charge in [0.25, 0.3) is 0 Å². The molecule has 0 aromatic rings. The molecule has 0 fully saturated rings. The molecule has 0 rings (SSSR count). The highest BCUT2D eigenvalue weighted by Crippen LogP contribution is 2.17. The van der Waals surface area contributed by atoms with E-state index >= 15 is 0 Å². The van der Waals surface area contributed by atoms with Crippen LogP contribution in [-0.2, 0) is 28.5 Å². The average molecular weight is 990 g/mol. The average Bonchev–Trinajstić information content (AvgIpc) is 3.35. The van der Waals surface area contributed by atoms with Crippen LogP contribution in [0.4, 0.5) is 0 Å². The minimum Gasteiger partial charge on any atom is -0.466 e. The molecular weight excluding hydrogens is 869 g/mol. The maximum absolute atomic E-state index is 12.3. The normalized spacial score (nSPS) is 12.0. The van der Waals surface area contributed by atoms with Crippen LogP contribution in [0.5, 0.6) is 0 Å². The summed E-state index contributed by atoms with van der Waals surface area (Å²) in [6.07, 6.45) is 59.2. The predicted molar refractivity (Wildman–Crippen MR) is 302 cm³/mol. The molecule has 0 aliphatic rings. The highest BCUT2D eigenvalue weighted by atomic mass is 16.7. The molecule has 0 heterocycles. The van der Waals surface area contributed by atoms with E-state index < -0.39 is 0 Å². The van der Waals surface area contributed by atoms with E-state index in [1.54, 1.807) is 0 Å². The zero-order valence-electron chi connectivity index (χ0n) is 47.6. The molecule has 8 nitrogen and oxygen atoms in total. The van der Waals surface area contributed by atoms with Crippen LogP contribution < -0.4 is 0 Å². The Morgan fingerprint density at radius 1 is 0.386 bits per heavy atom. The fourth-order valence-corrected chi connectivity index (χ4v) is 9.00. The fourth-order valence-electron chi connectivity index (χ4n) is 9.00. The summed E-state index contributed by atoms with van der Waals surface area (Å²) in [7, 11) is 4.29. The number of hydrogen-bond donors (Lipinski definition) is 0. The van der Waals surface area contributed by atoms with Gasteiger partial charge in [0, 0.05) is 32.5 Å². The summed E-state index contributed by atoms with van der Waals surface area (Å²) < 4.78 is 23.6. The summed E-state index contributed by atoms with van der Waals surface area (Å²) in [6.45, 7) is 13.1. The predicted octanol–water partition coefficient (Wildman–Crippen LogP) is 17.9. The standard InChI is InChI=1S/C62H120N2O6/c1-6-9-12-15-17-19-21-23-25-27-29-31-33-35-43-50-61(65)68-56-46-39-37-41-48-60(70-59-67-58-55-64(54-53-63(4)5)52-45-14-11-8-3)49-42-38-40-47-57-69-62(66)51-44-36-34-32-30-28-26-24-22-20-18-16-13-10-7-2/h23-26,60H,6-22,27-59H2,1-5H3/b25-23-,26-24-. The second-order valence-corrected chi connectivity index (χ2v) is 21.0. The molecule has 0 atom stereocenters. The maximum Gasteiger partial charge on any atom is 0.305 e. The summed E-state index contributed by atoms with van der Waals surface area (Å²) in [5.74, 6) is -0.0642. The lowest BCUT2D eigenvalue weighted by Crippen LogP contribution is -2.35. The van der Waals surface area contributed by atoms with Crippen molar-refractivity contribution in [1.29, 1.82) is 0 Å². The molecule has 0 aromatic heterocycles. The molecule has 0 spiro atoms. The van der Waals surface area contributed by atoms with Crippen molar-refractivity contribution in [3.05, 3.63) is 24.3 Å². The van der Waals surface area contributed by atoms with Crippen molar-refractivity contribution < 1.29 is 28.5 Å². The number of allylic oxidation sites excluding steroid dienone is 4. The van der Waals surface area contributed by atoms with Crippen LogP contribution in [0.3, 0.4) is 0 Å². The van der Waals surface area contributed by atoms with Crippen molar-refractivity contribution in [1.82, 2.24) is 9.80 Å². The third-order valence-corrected chi connectivity index (χ3v) is 13.8. The topological polar surface area (TPSA) is 77.5 Å². The van der Waals surface area contributed by atoms with Gasteiger partial charge in [-0.3, -0.25) is 14.5 Å². The van der Waals surface area contributed by atoms with Crippen LogP contribution in [0.2, 0.25) is 0 Å². The Bertz CT molecular complexity index is 1050. The molecular formula is C62H120N2O6. The molecule has 0 N–H and O–H groups in total. The molecule has 0 amide bonds. The van der Waals surface area contributed by atoms with Crippen LogP contribution in [0.25, 0.3) is 0 Å². The minimum absolute atomic E-state index is 0.0321. The number of carbonyl (C=O) groups excluding carboxylic acids is 2. The van der Waals surface area contributed by atoms with Crippen LogP contribution >= 0.6 is 0 Å². The summed E-state index contributed by atoms with van der Waals surface area (Å²) in [4.78, 5) is 29.4. The summed E-state index contributed by atoms with van der Waals surface area (Å²) >= 11 is 0. The zero-order chi connectivity index (χ0) is 50.9. The van der Waals surface area contributed by atoms with E-state index in [0.29, 0.717) is 39.5 Å². The molecule has 8 heteroatoms. The van der Waals surface area contributed by atoms with Gasteiger partial charge in [0.15, 0.2) is 0 Å². The van der Waals surface area contributed by atoms with E-state index in [-0.39, 0.29) is 18.0 Å². The number of carbonyl (C=O) groups is 2. The minimum atomic E-state index is -0.0321. The smallest absolute Gasteiger partial charge is 0.305 e. The Morgan fingerprint density at radius 3 is 1.19 bits per heavy atom. The monoisotopic (exact) mass is 989 g/mol. The second kappa shape index (κ2) is 58.2. The van der Waals surface area contributed by atoms with E-state index in [0.717, 1.165) is 116 Å². The number of esters is 2. The zero-order valence-corrected chi connectivity index (χ0v) is 47.6. The first kappa shape index (κ1) is 68.3. The van der Waals surface area contributed by atoms with Crippen molar-refractivity contribution in [2.75, 3.05) is 66.9 Å². The number of ether oxygens (including phenoxy) is 4. The maximum atomic E-state index is 12.3. The van der Waals surface area contributed by atoms with Gasteiger partial charge in [-0.1, -0.05) is 206 Å². The van der Waals surface area contributed by atoms with Gasteiger partial charge >= 0.3 is 11.9 Å². The van der Waals surface area contributed by atoms with Crippen molar-refractivity contribution in [3.8, 4) is 0 Å². The Balaban J connectivity index is 4.30. The highest BCUT2D eigenvalue weighted by Gasteiger charge is 2.12. The Kier molecular flexibility index (Phi) is 56.7. The number of unbranched alkanes of at least 4 members (excludes halogenated alkanes) is 31. The van der Waals surface area contributed by atoms with Crippen LogP contribution in [0, 0.1) is 0 Å². The first-order chi connectivity index (χ1) is 34.4. The molecule has 0 radical (unpaired) electrons. The lowest BCUT2D eigenvalue weighted by Gasteiger charge is -2.24. The molecule has 0 aliphatic carbocycles.